The smallest absolute Gasteiger partial charge is 0.329 e. The quantitative estimate of drug-likeness (QED) is 0.535. The lowest BCUT2D eigenvalue weighted by molar-refractivity contribution is -0.137. The van der Waals surface area contributed by atoms with Gasteiger partial charge in [-0.15, -0.1) is 0 Å². The van der Waals surface area contributed by atoms with Gasteiger partial charge in [-0.25, -0.2) is 4.79 Å². The van der Waals surface area contributed by atoms with E-state index >= 15 is 0 Å². The Morgan fingerprint density at radius 1 is 0.963 bits per heavy atom. The minimum atomic E-state index is -0.944. The largest absolute Gasteiger partial charge is 0.481 e. The second-order valence-electron chi connectivity index (χ2n) is 6.55. The Morgan fingerprint density at radius 3 is 2.56 bits per heavy atom. The molecule has 0 atom stereocenters. The van der Waals surface area contributed by atoms with E-state index in [1.54, 1.807) is 16.7 Å². The molecule has 0 saturated heterocycles. The first-order valence-electron chi connectivity index (χ1n) is 8.71. The molecule has 0 spiro atoms. The maximum atomic E-state index is 13.0. The molecule has 6 heteroatoms. The number of hydrogen-bond donors (Lipinski definition) is 2. The van der Waals surface area contributed by atoms with Crippen molar-refractivity contribution in [2.24, 2.45) is 0 Å². The van der Waals surface area contributed by atoms with Crippen LogP contribution in [0.15, 0.2) is 65.5 Å². The fraction of sp³-hybridized carbons (Fsp3) is 0.143. The number of nitrogens with zero attached hydrogens (tertiary/aromatic N) is 2. The van der Waals surface area contributed by atoms with Gasteiger partial charge in [-0.05, 0) is 34.5 Å². The van der Waals surface area contributed by atoms with Crippen LogP contribution in [0, 0.1) is 0 Å². The number of fused-ring (bicyclic) bond motifs is 2. The van der Waals surface area contributed by atoms with Crippen molar-refractivity contribution in [3.05, 3.63) is 76.7 Å². The van der Waals surface area contributed by atoms with Crippen LogP contribution in [-0.2, 0) is 17.9 Å². The molecule has 0 amide bonds. The number of aryl methyl sites for hydroxylation is 1. The van der Waals surface area contributed by atoms with Gasteiger partial charge in [-0.3, -0.25) is 13.9 Å². The van der Waals surface area contributed by atoms with Crippen LogP contribution < -0.4 is 11.4 Å². The molecule has 0 aliphatic carbocycles. The molecule has 136 valence electrons. The average molecular weight is 361 g/mol. The van der Waals surface area contributed by atoms with E-state index in [0.717, 1.165) is 21.9 Å². The van der Waals surface area contributed by atoms with Crippen LogP contribution in [0.2, 0.25) is 0 Å². The Kier molecular flexibility index (Phi) is 4.16. The standard InChI is InChI=1S/C21H19N3O3/c22-16-8-9-18-19(12-16)23(11-10-20(25)26)21(27)24(18)13-15-6-3-5-14-4-1-2-7-17(14)15/h1-9,12H,10-11,13,22H2,(H,25,26). The van der Waals surface area contributed by atoms with Crippen molar-refractivity contribution in [2.45, 2.75) is 19.5 Å². The number of anilines is 1. The summed E-state index contributed by atoms with van der Waals surface area (Å²) < 4.78 is 3.17. The number of aliphatic carboxylic acids is 1. The van der Waals surface area contributed by atoms with E-state index in [9.17, 15) is 9.59 Å². The maximum Gasteiger partial charge on any atom is 0.329 e. The predicted octanol–water partition coefficient (Wildman–Crippen LogP) is 3.06. The zero-order valence-corrected chi connectivity index (χ0v) is 14.6. The van der Waals surface area contributed by atoms with Crippen LogP contribution >= 0.6 is 0 Å². The number of carboxylic acid groups (broad SMARTS) is 1. The number of carboxylic acids is 1. The van der Waals surface area contributed by atoms with Crippen molar-refractivity contribution in [2.75, 3.05) is 5.73 Å². The third kappa shape index (κ3) is 3.06. The highest BCUT2D eigenvalue weighted by atomic mass is 16.4. The first-order chi connectivity index (χ1) is 13.0. The van der Waals surface area contributed by atoms with E-state index in [1.165, 1.54) is 4.57 Å². The normalized spacial score (nSPS) is 11.3. The van der Waals surface area contributed by atoms with Crippen molar-refractivity contribution >= 4 is 33.5 Å². The molecule has 1 aromatic heterocycles. The summed E-state index contributed by atoms with van der Waals surface area (Å²) in [5.41, 5.74) is 8.63. The van der Waals surface area contributed by atoms with Crippen LogP contribution in [0.3, 0.4) is 0 Å². The first kappa shape index (κ1) is 16.9. The molecule has 6 nitrogen and oxygen atoms in total. The molecule has 0 aliphatic heterocycles. The van der Waals surface area contributed by atoms with Gasteiger partial charge in [0.25, 0.3) is 0 Å². The van der Waals surface area contributed by atoms with Gasteiger partial charge in [-0.1, -0.05) is 42.5 Å². The van der Waals surface area contributed by atoms with E-state index in [-0.39, 0.29) is 18.7 Å². The molecule has 1 heterocycles. The Hall–Kier alpha value is -3.54. The predicted molar refractivity (Wildman–Crippen MR) is 106 cm³/mol. The number of nitrogen functional groups attached to an aromatic ring is 1. The molecule has 3 N–H and O–H groups in total. The van der Waals surface area contributed by atoms with E-state index in [4.69, 9.17) is 10.8 Å². The number of imidazole rings is 1. The van der Waals surface area contributed by atoms with E-state index in [1.807, 2.05) is 48.5 Å². The second kappa shape index (κ2) is 6.64. The highest BCUT2D eigenvalue weighted by Crippen LogP contribution is 2.22. The maximum absolute atomic E-state index is 13.0. The average Bonchev–Trinajstić information content (AvgIpc) is 2.91. The van der Waals surface area contributed by atoms with Gasteiger partial charge in [-0.2, -0.15) is 0 Å². The third-order valence-corrected chi connectivity index (χ3v) is 4.80. The van der Waals surface area contributed by atoms with Gasteiger partial charge in [0.2, 0.25) is 0 Å². The number of carbonyl (C=O) groups is 1. The summed E-state index contributed by atoms with van der Waals surface area (Å²) in [4.78, 5) is 24.0. The van der Waals surface area contributed by atoms with E-state index in [2.05, 4.69) is 0 Å². The first-order valence-corrected chi connectivity index (χ1v) is 8.71. The summed E-state index contributed by atoms with van der Waals surface area (Å²) in [7, 11) is 0. The van der Waals surface area contributed by atoms with Gasteiger partial charge in [0.1, 0.15) is 0 Å². The SMILES string of the molecule is Nc1ccc2c(c1)n(CCC(=O)O)c(=O)n2Cc1cccc2ccccc12. The Balaban J connectivity index is 1.87. The molecule has 0 fully saturated rings. The summed E-state index contributed by atoms with van der Waals surface area (Å²) in [5, 5.41) is 11.2. The lowest BCUT2D eigenvalue weighted by Crippen LogP contribution is -2.25. The van der Waals surface area contributed by atoms with Crippen LogP contribution in [0.5, 0.6) is 0 Å². The second-order valence-corrected chi connectivity index (χ2v) is 6.55. The summed E-state index contributed by atoms with van der Waals surface area (Å²) in [5.74, 6) is -0.944. The van der Waals surface area contributed by atoms with Gasteiger partial charge in [0.15, 0.2) is 0 Å². The van der Waals surface area contributed by atoms with Crippen molar-refractivity contribution in [3.8, 4) is 0 Å². The highest BCUT2D eigenvalue weighted by Gasteiger charge is 2.15. The number of nitrogens with two attached hydrogens (primary N) is 1. The molecule has 0 bridgehead atoms. The van der Waals surface area contributed by atoms with Crippen LogP contribution in [-0.4, -0.2) is 20.2 Å². The number of aromatic nitrogens is 2. The third-order valence-electron chi connectivity index (χ3n) is 4.80. The topological polar surface area (TPSA) is 90.2 Å². The Labute approximate surface area is 155 Å². The number of rotatable bonds is 5. The molecule has 27 heavy (non-hydrogen) atoms. The van der Waals surface area contributed by atoms with Crippen LogP contribution in [0.1, 0.15) is 12.0 Å². The highest BCUT2D eigenvalue weighted by molar-refractivity contribution is 5.86. The molecule has 0 saturated carbocycles. The molecular weight excluding hydrogens is 342 g/mol. The fourth-order valence-electron chi connectivity index (χ4n) is 3.51. The molecule has 0 unspecified atom stereocenters. The summed E-state index contributed by atoms with van der Waals surface area (Å²) >= 11 is 0. The molecule has 3 aromatic carbocycles. The van der Waals surface area contributed by atoms with Gasteiger partial charge < -0.3 is 10.8 Å². The molecule has 0 radical (unpaired) electrons. The monoisotopic (exact) mass is 361 g/mol. The van der Waals surface area contributed by atoms with Gasteiger partial charge in [0.05, 0.1) is 24.0 Å². The zero-order valence-electron chi connectivity index (χ0n) is 14.6. The summed E-state index contributed by atoms with van der Waals surface area (Å²) in [6.45, 7) is 0.511. The molecular formula is C21H19N3O3. The van der Waals surface area contributed by atoms with E-state index in [0.29, 0.717) is 17.7 Å². The van der Waals surface area contributed by atoms with Crippen molar-refractivity contribution < 1.29 is 9.90 Å². The summed E-state index contributed by atoms with van der Waals surface area (Å²) in [6.07, 6.45) is -0.123. The van der Waals surface area contributed by atoms with Gasteiger partial charge in [0, 0.05) is 12.2 Å². The Morgan fingerprint density at radius 2 is 1.74 bits per heavy atom. The minimum Gasteiger partial charge on any atom is -0.481 e. The lowest BCUT2D eigenvalue weighted by atomic mass is 10.0. The molecule has 4 rings (SSSR count). The van der Waals surface area contributed by atoms with Crippen molar-refractivity contribution in [1.29, 1.82) is 0 Å². The summed E-state index contributed by atoms with van der Waals surface area (Å²) in [6, 6.07) is 19.4. The van der Waals surface area contributed by atoms with Crippen LogP contribution in [0.4, 0.5) is 5.69 Å². The van der Waals surface area contributed by atoms with E-state index < -0.39 is 5.97 Å². The van der Waals surface area contributed by atoms with Crippen LogP contribution in [0.25, 0.3) is 21.8 Å². The Bertz CT molecular complexity index is 1220. The zero-order chi connectivity index (χ0) is 19.0. The minimum absolute atomic E-state index is 0.108. The number of benzene rings is 3. The molecule has 0 aliphatic rings. The van der Waals surface area contributed by atoms with Crippen molar-refractivity contribution in [3.63, 3.8) is 0 Å². The lowest BCUT2D eigenvalue weighted by Gasteiger charge is -2.08. The van der Waals surface area contributed by atoms with Gasteiger partial charge >= 0.3 is 11.7 Å². The van der Waals surface area contributed by atoms with Crippen molar-refractivity contribution in [1.82, 2.24) is 9.13 Å². The number of hydrogen-bond acceptors (Lipinski definition) is 3. The fourth-order valence-corrected chi connectivity index (χ4v) is 3.51. The molecule has 4 aromatic rings.